The highest BCUT2D eigenvalue weighted by atomic mass is 32.1. The number of amides is 1. The molecule has 1 atom stereocenters. The summed E-state index contributed by atoms with van der Waals surface area (Å²) in [6.07, 6.45) is 3.19. The standard InChI is InChI=1S/C16H18N6O3S/c1-7(6-23)20-16-21-12(8-3-9(25-2)5-19-4-8)10-11(17)13(14(18)24)26-15(10)22-16/h3-5,7,23H,6,17H2,1-2H3,(H2,18,24)(H,20,21,22)/t7-/m0/s1. The molecular formula is C16H18N6O3S. The lowest BCUT2D eigenvalue weighted by Crippen LogP contribution is -2.21. The van der Waals surface area contributed by atoms with E-state index in [0.29, 0.717) is 33.2 Å². The first-order chi connectivity index (χ1) is 12.4. The molecule has 0 aliphatic carbocycles. The van der Waals surface area contributed by atoms with Gasteiger partial charge in [-0.15, -0.1) is 11.3 Å². The van der Waals surface area contributed by atoms with Crippen molar-refractivity contribution < 1.29 is 14.6 Å². The minimum Gasteiger partial charge on any atom is -0.495 e. The van der Waals surface area contributed by atoms with E-state index in [4.69, 9.17) is 16.2 Å². The molecule has 3 aromatic rings. The number of aromatic nitrogens is 3. The quantitative estimate of drug-likeness (QED) is 0.503. The van der Waals surface area contributed by atoms with Gasteiger partial charge in [0.15, 0.2) is 0 Å². The zero-order valence-corrected chi connectivity index (χ0v) is 15.0. The molecule has 0 radical (unpaired) electrons. The summed E-state index contributed by atoms with van der Waals surface area (Å²) in [4.78, 5) is 25.5. The monoisotopic (exact) mass is 374 g/mol. The Labute approximate surface area is 153 Å². The Kier molecular flexibility index (Phi) is 4.87. The van der Waals surface area contributed by atoms with Gasteiger partial charge in [0.2, 0.25) is 5.95 Å². The summed E-state index contributed by atoms with van der Waals surface area (Å²) >= 11 is 1.09. The van der Waals surface area contributed by atoms with Gasteiger partial charge in [0.05, 0.1) is 36.7 Å². The van der Waals surface area contributed by atoms with Crippen molar-refractivity contribution in [2.75, 3.05) is 24.8 Å². The maximum atomic E-state index is 11.7. The number of ether oxygens (including phenoxy) is 1. The van der Waals surface area contributed by atoms with Gasteiger partial charge >= 0.3 is 0 Å². The first-order valence-corrected chi connectivity index (χ1v) is 8.52. The van der Waals surface area contributed by atoms with E-state index < -0.39 is 5.91 Å². The van der Waals surface area contributed by atoms with Crippen molar-refractivity contribution in [3.63, 3.8) is 0 Å². The number of carbonyl (C=O) groups is 1. The van der Waals surface area contributed by atoms with Gasteiger partial charge in [0.1, 0.15) is 15.5 Å². The number of thiophene rings is 1. The number of aliphatic hydroxyl groups is 1. The van der Waals surface area contributed by atoms with Gasteiger partial charge in [-0.3, -0.25) is 9.78 Å². The zero-order chi connectivity index (χ0) is 18.8. The Hall–Kier alpha value is -2.98. The Balaban J connectivity index is 2.27. The van der Waals surface area contributed by atoms with E-state index in [9.17, 15) is 9.90 Å². The third-order valence-electron chi connectivity index (χ3n) is 3.68. The molecule has 0 saturated carbocycles. The van der Waals surface area contributed by atoms with E-state index in [-0.39, 0.29) is 23.2 Å². The number of rotatable bonds is 6. The number of nitrogens with two attached hydrogens (primary N) is 2. The molecule has 3 heterocycles. The zero-order valence-electron chi connectivity index (χ0n) is 14.2. The average molecular weight is 374 g/mol. The Morgan fingerprint density at radius 2 is 2.19 bits per heavy atom. The minimum absolute atomic E-state index is 0.0867. The van der Waals surface area contributed by atoms with Gasteiger partial charge in [-0.1, -0.05) is 0 Å². The Bertz CT molecular complexity index is 974. The molecule has 0 spiro atoms. The van der Waals surface area contributed by atoms with Crippen LogP contribution in [0.2, 0.25) is 0 Å². The molecule has 0 bridgehead atoms. The smallest absolute Gasteiger partial charge is 0.260 e. The van der Waals surface area contributed by atoms with Crippen LogP contribution in [0.5, 0.6) is 5.75 Å². The topological polar surface area (TPSA) is 149 Å². The predicted octanol–water partition coefficient (Wildman–Crippen LogP) is 1.24. The van der Waals surface area contributed by atoms with Crippen LogP contribution in [0.4, 0.5) is 11.6 Å². The maximum Gasteiger partial charge on any atom is 0.260 e. The van der Waals surface area contributed by atoms with Crippen molar-refractivity contribution in [2.45, 2.75) is 13.0 Å². The number of fused-ring (bicyclic) bond motifs is 1. The number of methoxy groups -OCH3 is 1. The Morgan fingerprint density at radius 1 is 1.42 bits per heavy atom. The first-order valence-electron chi connectivity index (χ1n) is 7.71. The van der Waals surface area contributed by atoms with E-state index in [2.05, 4.69) is 20.3 Å². The number of aliphatic hydroxyl groups excluding tert-OH is 1. The van der Waals surface area contributed by atoms with E-state index in [0.717, 1.165) is 11.3 Å². The molecular weight excluding hydrogens is 356 g/mol. The van der Waals surface area contributed by atoms with Crippen molar-refractivity contribution in [3.05, 3.63) is 23.3 Å². The van der Waals surface area contributed by atoms with Crippen molar-refractivity contribution in [1.82, 2.24) is 15.0 Å². The third-order valence-corrected chi connectivity index (χ3v) is 4.80. The molecule has 0 aromatic carbocycles. The Morgan fingerprint density at radius 3 is 2.85 bits per heavy atom. The molecule has 3 aromatic heterocycles. The van der Waals surface area contributed by atoms with E-state index in [1.807, 2.05) is 0 Å². The second-order valence-electron chi connectivity index (χ2n) is 5.63. The average Bonchev–Trinajstić information content (AvgIpc) is 2.98. The number of hydrogen-bond acceptors (Lipinski definition) is 9. The molecule has 0 fully saturated rings. The van der Waals surface area contributed by atoms with Crippen molar-refractivity contribution >= 4 is 39.1 Å². The van der Waals surface area contributed by atoms with Crippen LogP contribution >= 0.6 is 11.3 Å². The highest BCUT2D eigenvalue weighted by Gasteiger charge is 2.21. The second-order valence-corrected chi connectivity index (χ2v) is 6.63. The molecule has 0 aliphatic rings. The summed E-state index contributed by atoms with van der Waals surface area (Å²) < 4.78 is 5.22. The molecule has 0 unspecified atom stereocenters. The molecule has 26 heavy (non-hydrogen) atoms. The van der Waals surface area contributed by atoms with Crippen LogP contribution in [0.25, 0.3) is 21.5 Å². The lowest BCUT2D eigenvalue weighted by molar-refractivity contribution is 0.100. The predicted molar refractivity (Wildman–Crippen MR) is 100 cm³/mol. The van der Waals surface area contributed by atoms with Crippen LogP contribution in [0.15, 0.2) is 18.5 Å². The minimum atomic E-state index is -0.626. The number of nitrogens with zero attached hydrogens (tertiary/aromatic N) is 3. The molecule has 136 valence electrons. The van der Waals surface area contributed by atoms with Gasteiger partial charge in [-0.05, 0) is 13.0 Å². The summed E-state index contributed by atoms with van der Waals surface area (Å²) in [7, 11) is 1.54. The molecule has 10 heteroatoms. The summed E-state index contributed by atoms with van der Waals surface area (Å²) in [6, 6.07) is 1.51. The van der Waals surface area contributed by atoms with Crippen molar-refractivity contribution in [3.8, 4) is 17.0 Å². The lowest BCUT2D eigenvalue weighted by Gasteiger charge is -2.12. The SMILES string of the molecule is COc1cncc(-c2nc(N[C@@H](C)CO)nc3sc(C(N)=O)c(N)c23)c1. The number of carbonyl (C=O) groups excluding carboxylic acids is 1. The largest absolute Gasteiger partial charge is 0.495 e. The number of anilines is 2. The number of primary amides is 1. The van der Waals surface area contributed by atoms with E-state index in [1.54, 1.807) is 25.4 Å². The fourth-order valence-electron chi connectivity index (χ4n) is 2.40. The number of nitrogen functional groups attached to an aromatic ring is 1. The molecule has 6 N–H and O–H groups in total. The summed E-state index contributed by atoms with van der Waals surface area (Å²) in [5, 5.41) is 12.8. The number of hydrogen-bond donors (Lipinski definition) is 4. The van der Waals surface area contributed by atoms with E-state index >= 15 is 0 Å². The third kappa shape index (κ3) is 3.24. The van der Waals surface area contributed by atoms with Gasteiger partial charge < -0.3 is 26.6 Å². The highest BCUT2D eigenvalue weighted by molar-refractivity contribution is 7.21. The first kappa shape index (κ1) is 17.8. The van der Waals surface area contributed by atoms with Crippen molar-refractivity contribution in [2.24, 2.45) is 5.73 Å². The molecule has 0 saturated heterocycles. The fourth-order valence-corrected chi connectivity index (χ4v) is 3.35. The van der Waals surface area contributed by atoms with E-state index in [1.165, 1.54) is 7.11 Å². The van der Waals surface area contributed by atoms with Crippen LogP contribution in [0.1, 0.15) is 16.6 Å². The van der Waals surface area contributed by atoms with Crippen LogP contribution in [-0.2, 0) is 0 Å². The van der Waals surface area contributed by atoms with Gasteiger partial charge in [-0.2, -0.15) is 0 Å². The molecule has 9 nitrogen and oxygen atoms in total. The van der Waals surface area contributed by atoms with Gasteiger partial charge in [0, 0.05) is 17.8 Å². The highest BCUT2D eigenvalue weighted by Crippen LogP contribution is 2.39. The number of nitrogens with one attached hydrogen (secondary N) is 1. The van der Waals surface area contributed by atoms with Crippen LogP contribution in [0, 0.1) is 0 Å². The number of pyridine rings is 1. The molecule has 1 amide bonds. The van der Waals surface area contributed by atoms with Gasteiger partial charge in [-0.25, -0.2) is 9.97 Å². The van der Waals surface area contributed by atoms with Crippen LogP contribution in [-0.4, -0.2) is 45.7 Å². The maximum absolute atomic E-state index is 11.7. The normalized spacial score (nSPS) is 12.1. The van der Waals surface area contributed by atoms with Crippen molar-refractivity contribution in [1.29, 1.82) is 0 Å². The van der Waals surface area contributed by atoms with Crippen LogP contribution < -0.4 is 21.5 Å². The fraction of sp³-hybridized carbons (Fsp3) is 0.250. The summed E-state index contributed by atoms with van der Waals surface area (Å²) in [5.41, 5.74) is 12.9. The molecule has 3 rings (SSSR count). The lowest BCUT2D eigenvalue weighted by atomic mass is 10.1. The summed E-state index contributed by atoms with van der Waals surface area (Å²) in [6.45, 7) is 1.70. The molecule has 0 aliphatic heterocycles. The van der Waals surface area contributed by atoms with Crippen LogP contribution in [0.3, 0.4) is 0 Å². The summed E-state index contributed by atoms with van der Waals surface area (Å²) in [5.74, 6) is 0.226. The van der Waals surface area contributed by atoms with Gasteiger partial charge in [0.25, 0.3) is 5.91 Å². The second kappa shape index (κ2) is 7.10.